The second-order valence-electron chi connectivity index (χ2n) is 7.93. The van der Waals surface area contributed by atoms with Crippen molar-refractivity contribution in [2.75, 3.05) is 5.32 Å². The number of hydrogen-bond acceptors (Lipinski definition) is 2. The number of thiocarbonyl (C=S) groups is 1. The second kappa shape index (κ2) is 6.64. The fourth-order valence-electron chi connectivity index (χ4n) is 4.73. The normalized spacial score (nSPS) is 30.0. The summed E-state index contributed by atoms with van der Waals surface area (Å²) in [6.45, 7) is 4.30. The van der Waals surface area contributed by atoms with Crippen LogP contribution in [0.1, 0.15) is 56.1 Å². The molecule has 3 nitrogen and oxygen atoms in total. The van der Waals surface area contributed by atoms with Gasteiger partial charge in [0.05, 0.1) is 0 Å². The maximum absolute atomic E-state index is 5.61. The zero-order chi connectivity index (χ0) is 16.7. The molecule has 4 rings (SSSR count). The molecule has 0 aromatic heterocycles. The van der Waals surface area contributed by atoms with Gasteiger partial charge in [-0.3, -0.25) is 4.90 Å². The monoisotopic (exact) mass is 343 g/mol. The Labute approximate surface area is 151 Å². The predicted molar refractivity (Wildman–Crippen MR) is 105 cm³/mol. The molecule has 0 spiro atoms. The van der Waals surface area contributed by atoms with E-state index in [-0.39, 0.29) is 0 Å². The largest absolute Gasteiger partial charge is 0.360 e. The molecule has 2 N–H and O–H groups in total. The van der Waals surface area contributed by atoms with Crippen LogP contribution in [-0.4, -0.2) is 34.2 Å². The van der Waals surface area contributed by atoms with Crippen LogP contribution in [0.5, 0.6) is 0 Å². The zero-order valence-corrected chi connectivity index (χ0v) is 15.7. The average molecular weight is 344 g/mol. The topological polar surface area (TPSA) is 27.3 Å². The Bertz CT molecular complexity index is 611. The third kappa shape index (κ3) is 3.31. The van der Waals surface area contributed by atoms with E-state index in [9.17, 15) is 0 Å². The second-order valence-corrected chi connectivity index (χ2v) is 8.34. The van der Waals surface area contributed by atoms with Crippen molar-refractivity contribution >= 4 is 23.0 Å². The molecule has 0 radical (unpaired) electrons. The van der Waals surface area contributed by atoms with Gasteiger partial charge in [-0.2, -0.15) is 0 Å². The van der Waals surface area contributed by atoms with E-state index in [0.717, 1.165) is 28.9 Å². The first kappa shape index (κ1) is 16.3. The van der Waals surface area contributed by atoms with Crippen LogP contribution in [0.15, 0.2) is 18.2 Å². The summed E-state index contributed by atoms with van der Waals surface area (Å²) >= 11 is 5.61. The van der Waals surface area contributed by atoms with E-state index in [0.29, 0.717) is 6.04 Å². The molecule has 2 saturated heterocycles. The van der Waals surface area contributed by atoms with Crippen LogP contribution < -0.4 is 10.6 Å². The molecule has 2 bridgehead atoms. The lowest BCUT2D eigenvalue weighted by molar-refractivity contribution is 0.0209. The van der Waals surface area contributed by atoms with E-state index in [1.165, 1.54) is 56.1 Å². The molecule has 2 heterocycles. The van der Waals surface area contributed by atoms with Gasteiger partial charge in [-0.15, -0.1) is 0 Å². The van der Waals surface area contributed by atoms with Crippen LogP contribution >= 0.6 is 12.2 Å². The predicted octanol–water partition coefficient (Wildman–Crippen LogP) is 4.14. The molecule has 0 amide bonds. The molecular formula is C20H29N3S. The number of aryl methyl sites for hydroxylation is 1. The van der Waals surface area contributed by atoms with Gasteiger partial charge in [0.2, 0.25) is 0 Å². The minimum atomic E-state index is 0.528. The molecular weight excluding hydrogens is 314 g/mol. The van der Waals surface area contributed by atoms with Crippen molar-refractivity contribution < 1.29 is 0 Å². The Morgan fingerprint density at radius 1 is 1.04 bits per heavy atom. The summed E-state index contributed by atoms with van der Waals surface area (Å²) in [4.78, 5) is 2.86. The van der Waals surface area contributed by atoms with E-state index in [1.54, 1.807) is 0 Å². The summed E-state index contributed by atoms with van der Waals surface area (Å²) in [5, 5.41) is 7.82. The van der Waals surface area contributed by atoms with Crippen molar-refractivity contribution in [3.63, 3.8) is 0 Å². The molecule has 1 aromatic carbocycles. The van der Waals surface area contributed by atoms with E-state index >= 15 is 0 Å². The molecule has 0 unspecified atom stereocenters. The number of fused-ring (bicyclic) bond motifs is 2. The van der Waals surface area contributed by atoms with Crippen molar-refractivity contribution in [1.29, 1.82) is 0 Å². The van der Waals surface area contributed by atoms with Crippen LogP contribution in [-0.2, 0) is 0 Å². The maximum atomic E-state index is 5.61. The van der Waals surface area contributed by atoms with Crippen LogP contribution in [0.2, 0.25) is 0 Å². The summed E-state index contributed by atoms with van der Waals surface area (Å²) in [7, 11) is 0. The molecule has 3 fully saturated rings. The highest BCUT2D eigenvalue weighted by Crippen LogP contribution is 2.41. The molecule has 4 heteroatoms. The van der Waals surface area contributed by atoms with Crippen molar-refractivity contribution in [3.8, 4) is 0 Å². The molecule has 2 aliphatic heterocycles. The zero-order valence-electron chi connectivity index (χ0n) is 14.8. The van der Waals surface area contributed by atoms with E-state index in [2.05, 4.69) is 47.6 Å². The number of nitrogens with one attached hydrogen (secondary N) is 2. The highest BCUT2D eigenvalue weighted by atomic mass is 32.1. The van der Waals surface area contributed by atoms with Crippen molar-refractivity contribution in [2.24, 2.45) is 0 Å². The van der Waals surface area contributed by atoms with Gasteiger partial charge in [0, 0.05) is 29.9 Å². The third-order valence-electron chi connectivity index (χ3n) is 6.19. The van der Waals surface area contributed by atoms with Gasteiger partial charge in [0.1, 0.15) is 0 Å². The van der Waals surface area contributed by atoms with Crippen LogP contribution in [0.4, 0.5) is 5.69 Å². The summed E-state index contributed by atoms with van der Waals surface area (Å²) in [5.74, 6) is 0. The summed E-state index contributed by atoms with van der Waals surface area (Å²) < 4.78 is 0. The standard InChI is InChI=1S/C20H29N3S/c1-13-5-3-8-19(14(13)2)22-20(24)21-15-11-17-6-4-7-18(12-15)23(17)16-9-10-16/h3,5,8,15-18H,4,6-7,9-12H2,1-2H3,(H2,21,22,24)/t17-,18-/m1/s1. The Balaban J connectivity index is 1.37. The lowest BCUT2D eigenvalue weighted by atomic mass is 9.81. The first-order valence-electron chi connectivity index (χ1n) is 9.53. The average Bonchev–Trinajstić information content (AvgIpc) is 3.35. The molecule has 24 heavy (non-hydrogen) atoms. The first-order chi connectivity index (χ1) is 11.6. The Hall–Kier alpha value is -1.13. The fourth-order valence-corrected chi connectivity index (χ4v) is 5.01. The quantitative estimate of drug-likeness (QED) is 0.807. The number of hydrogen-bond donors (Lipinski definition) is 2. The summed E-state index contributed by atoms with van der Waals surface area (Å²) in [5.41, 5.74) is 3.71. The van der Waals surface area contributed by atoms with Gasteiger partial charge in [-0.25, -0.2) is 0 Å². The number of anilines is 1. The minimum Gasteiger partial charge on any atom is -0.360 e. The maximum Gasteiger partial charge on any atom is 0.171 e. The van der Waals surface area contributed by atoms with E-state index in [4.69, 9.17) is 12.2 Å². The number of rotatable bonds is 3. The highest BCUT2D eigenvalue weighted by molar-refractivity contribution is 7.80. The lowest BCUT2D eigenvalue weighted by Crippen LogP contribution is -2.57. The molecule has 1 aliphatic carbocycles. The number of piperidine rings is 2. The number of nitrogens with zero attached hydrogens (tertiary/aromatic N) is 1. The minimum absolute atomic E-state index is 0.528. The Morgan fingerprint density at radius 2 is 1.75 bits per heavy atom. The lowest BCUT2D eigenvalue weighted by Gasteiger charge is -2.49. The third-order valence-corrected chi connectivity index (χ3v) is 6.41. The number of benzene rings is 1. The van der Waals surface area contributed by atoms with Crippen molar-refractivity contribution in [2.45, 2.75) is 83.0 Å². The molecule has 3 aliphatic rings. The van der Waals surface area contributed by atoms with E-state index < -0.39 is 0 Å². The molecule has 1 saturated carbocycles. The van der Waals surface area contributed by atoms with Crippen molar-refractivity contribution in [1.82, 2.24) is 10.2 Å². The smallest absolute Gasteiger partial charge is 0.171 e. The molecule has 1 aromatic rings. The molecule has 2 atom stereocenters. The molecule has 130 valence electrons. The van der Waals surface area contributed by atoms with Gasteiger partial charge in [-0.05, 0) is 81.8 Å². The van der Waals surface area contributed by atoms with Gasteiger partial charge >= 0.3 is 0 Å². The van der Waals surface area contributed by atoms with Gasteiger partial charge in [-0.1, -0.05) is 18.6 Å². The van der Waals surface area contributed by atoms with Crippen LogP contribution in [0, 0.1) is 13.8 Å². The summed E-state index contributed by atoms with van der Waals surface area (Å²) in [6, 6.07) is 9.34. The van der Waals surface area contributed by atoms with Crippen LogP contribution in [0.3, 0.4) is 0 Å². The highest BCUT2D eigenvalue weighted by Gasteiger charge is 2.44. The van der Waals surface area contributed by atoms with Gasteiger partial charge in [0.25, 0.3) is 0 Å². The Kier molecular flexibility index (Phi) is 4.52. The van der Waals surface area contributed by atoms with Crippen LogP contribution in [0.25, 0.3) is 0 Å². The van der Waals surface area contributed by atoms with Gasteiger partial charge in [0.15, 0.2) is 5.11 Å². The van der Waals surface area contributed by atoms with Gasteiger partial charge < -0.3 is 10.6 Å². The summed E-state index contributed by atoms with van der Waals surface area (Å²) in [6.07, 6.45) is 9.53. The Morgan fingerprint density at radius 3 is 2.42 bits per heavy atom. The fraction of sp³-hybridized carbons (Fsp3) is 0.650. The van der Waals surface area contributed by atoms with Crippen molar-refractivity contribution in [3.05, 3.63) is 29.3 Å². The first-order valence-corrected chi connectivity index (χ1v) is 9.94. The van der Waals surface area contributed by atoms with E-state index in [1.807, 2.05) is 0 Å². The SMILES string of the molecule is Cc1cccc(NC(=S)NC2C[C@H]3CCC[C@H](C2)N3C2CC2)c1C.